The van der Waals surface area contributed by atoms with Crippen LogP contribution in [0.2, 0.25) is 0 Å². The SMILES string of the molecule is N#Cc1c(Oc2ccc(F)cc2)ccc([N+](=O)[O-])c1Oc1ccc(F)cc1. The highest BCUT2D eigenvalue weighted by Crippen LogP contribution is 2.41. The first-order chi connectivity index (χ1) is 13.0. The molecule has 0 fully saturated rings. The Kier molecular flexibility index (Phi) is 4.95. The van der Waals surface area contributed by atoms with Gasteiger partial charge in [0.2, 0.25) is 5.75 Å². The van der Waals surface area contributed by atoms with Crippen LogP contribution in [-0.2, 0) is 0 Å². The highest BCUT2D eigenvalue weighted by molar-refractivity contribution is 5.64. The second-order valence-corrected chi connectivity index (χ2v) is 5.27. The summed E-state index contributed by atoms with van der Waals surface area (Å²) in [7, 11) is 0. The third kappa shape index (κ3) is 3.99. The molecule has 3 aromatic rings. The molecule has 0 aromatic heterocycles. The summed E-state index contributed by atoms with van der Waals surface area (Å²) in [5.74, 6) is -0.984. The molecule has 134 valence electrons. The fraction of sp³-hybridized carbons (Fsp3) is 0. The fourth-order valence-corrected chi connectivity index (χ4v) is 2.24. The number of nitro benzene ring substituents is 1. The van der Waals surface area contributed by atoms with Crippen LogP contribution in [-0.4, -0.2) is 4.92 Å². The van der Waals surface area contributed by atoms with Crippen LogP contribution >= 0.6 is 0 Å². The van der Waals surface area contributed by atoms with Crippen molar-refractivity contribution in [2.45, 2.75) is 0 Å². The Labute approximate surface area is 152 Å². The highest BCUT2D eigenvalue weighted by atomic mass is 19.1. The van der Waals surface area contributed by atoms with Gasteiger partial charge in [0.25, 0.3) is 0 Å². The van der Waals surface area contributed by atoms with Crippen molar-refractivity contribution in [3.63, 3.8) is 0 Å². The Morgan fingerprint density at radius 1 is 0.852 bits per heavy atom. The van der Waals surface area contributed by atoms with Gasteiger partial charge in [-0.15, -0.1) is 0 Å². The van der Waals surface area contributed by atoms with Gasteiger partial charge < -0.3 is 9.47 Å². The Hall–Kier alpha value is -3.99. The highest BCUT2D eigenvalue weighted by Gasteiger charge is 2.24. The minimum absolute atomic E-state index is 0.00757. The van der Waals surface area contributed by atoms with E-state index < -0.39 is 22.2 Å². The molecule has 0 N–H and O–H groups in total. The first-order valence-electron chi connectivity index (χ1n) is 7.56. The molecule has 3 aromatic carbocycles. The minimum atomic E-state index is -0.707. The Morgan fingerprint density at radius 2 is 1.37 bits per heavy atom. The van der Waals surface area contributed by atoms with Gasteiger partial charge in [-0.3, -0.25) is 10.1 Å². The Balaban J connectivity index is 2.05. The number of ether oxygens (including phenoxy) is 2. The third-order valence-electron chi connectivity index (χ3n) is 3.48. The molecule has 27 heavy (non-hydrogen) atoms. The zero-order chi connectivity index (χ0) is 19.4. The predicted molar refractivity (Wildman–Crippen MR) is 90.8 cm³/mol. The van der Waals surface area contributed by atoms with E-state index in [0.29, 0.717) is 0 Å². The van der Waals surface area contributed by atoms with Crippen molar-refractivity contribution < 1.29 is 23.2 Å². The average Bonchev–Trinajstić information content (AvgIpc) is 2.65. The van der Waals surface area contributed by atoms with Gasteiger partial charge in [-0.2, -0.15) is 5.26 Å². The van der Waals surface area contributed by atoms with Crippen molar-refractivity contribution >= 4 is 5.69 Å². The first-order valence-corrected chi connectivity index (χ1v) is 7.56. The third-order valence-corrected chi connectivity index (χ3v) is 3.48. The van der Waals surface area contributed by atoms with E-state index in [0.717, 1.165) is 18.2 Å². The average molecular weight is 368 g/mol. The largest absolute Gasteiger partial charge is 0.456 e. The van der Waals surface area contributed by atoms with Crippen molar-refractivity contribution in [1.29, 1.82) is 5.26 Å². The van der Waals surface area contributed by atoms with Crippen LogP contribution in [0.1, 0.15) is 5.56 Å². The van der Waals surface area contributed by atoms with E-state index in [1.54, 1.807) is 0 Å². The topological polar surface area (TPSA) is 85.4 Å². The molecule has 6 nitrogen and oxygen atoms in total. The number of benzene rings is 3. The maximum atomic E-state index is 13.1. The lowest BCUT2D eigenvalue weighted by atomic mass is 10.1. The van der Waals surface area contributed by atoms with Crippen molar-refractivity contribution in [2.75, 3.05) is 0 Å². The van der Waals surface area contributed by atoms with E-state index in [4.69, 9.17) is 9.47 Å². The summed E-state index contributed by atoms with van der Waals surface area (Å²) in [6.45, 7) is 0. The normalized spacial score (nSPS) is 10.1. The summed E-state index contributed by atoms with van der Waals surface area (Å²) >= 11 is 0. The lowest BCUT2D eigenvalue weighted by Gasteiger charge is -2.12. The van der Waals surface area contributed by atoms with E-state index in [9.17, 15) is 24.2 Å². The van der Waals surface area contributed by atoms with Crippen LogP contribution in [0.25, 0.3) is 0 Å². The van der Waals surface area contributed by atoms with Crippen LogP contribution in [0.4, 0.5) is 14.5 Å². The zero-order valence-electron chi connectivity index (χ0n) is 13.6. The van der Waals surface area contributed by atoms with Crippen LogP contribution in [0.3, 0.4) is 0 Å². The molecular formula is C19H10F2N2O4. The molecule has 0 radical (unpaired) electrons. The second-order valence-electron chi connectivity index (χ2n) is 5.27. The smallest absolute Gasteiger partial charge is 0.313 e. The second kappa shape index (κ2) is 7.49. The number of nitrogens with zero attached hydrogens (tertiary/aromatic N) is 2. The molecular weight excluding hydrogens is 358 g/mol. The molecule has 8 heteroatoms. The number of hydrogen-bond acceptors (Lipinski definition) is 5. The van der Waals surface area contributed by atoms with Gasteiger partial charge in [0.1, 0.15) is 40.5 Å². The van der Waals surface area contributed by atoms with Crippen molar-refractivity contribution in [2.24, 2.45) is 0 Å². The Morgan fingerprint density at radius 3 is 1.85 bits per heavy atom. The summed E-state index contributed by atoms with van der Waals surface area (Å²) in [4.78, 5) is 10.6. The first kappa shape index (κ1) is 17.8. The summed E-state index contributed by atoms with van der Waals surface area (Å²) in [5, 5.41) is 20.8. The number of rotatable bonds is 5. The van der Waals surface area contributed by atoms with E-state index >= 15 is 0 Å². The van der Waals surface area contributed by atoms with Gasteiger partial charge in [-0.05, 0) is 54.6 Å². The number of halogens is 2. The summed E-state index contributed by atoms with van der Waals surface area (Å²) in [6, 6.07) is 14.0. The monoisotopic (exact) mass is 368 g/mol. The van der Waals surface area contributed by atoms with Gasteiger partial charge in [-0.25, -0.2) is 8.78 Å². The fourth-order valence-electron chi connectivity index (χ4n) is 2.24. The molecule has 0 atom stereocenters. The predicted octanol–water partition coefficient (Wildman–Crippen LogP) is 5.33. The number of nitro groups is 1. The van der Waals surface area contributed by atoms with Crippen molar-refractivity contribution in [3.8, 4) is 29.1 Å². The van der Waals surface area contributed by atoms with Crippen LogP contribution in [0.15, 0.2) is 60.7 Å². The van der Waals surface area contributed by atoms with Gasteiger partial charge in [0.15, 0.2) is 0 Å². The lowest BCUT2D eigenvalue weighted by Crippen LogP contribution is -1.99. The molecule has 0 saturated carbocycles. The molecule has 0 bridgehead atoms. The lowest BCUT2D eigenvalue weighted by molar-refractivity contribution is -0.385. The van der Waals surface area contributed by atoms with Crippen LogP contribution in [0, 0.1) is 33.1 Å². The quantitative estimate of drug-likeness (QED) is 0.449. The van der Waals surface area contributed by atoms with Crippen LogP contribution < -0.4 is 9.47 Å². The van der Waals surface area contributed by atoms with Crippen molar-refractivity contribution in [3.05, 3.63) is 88.0 Å². The molecule has 0 unspecified atom stereocenters. The summed E-state index contributed by atoms with van der Waals surface area (Å²) in [5.41, 5.74) is -0.680. The molecule has 3 rings (SSSR count). The molecule has 0 spiro atoms. The maximum Gasteiger partial charge on any atom is 0.313 e. The molecule has 0 saturated heterocycles. The van der Waals surface area contributed by atoms with E-state index in [-0.39, 0.29) is 28.6 Å². The zero-order valence-corrected chi connectivity index (χ0v) is 13.6. The molecule has 0 aliphatic carbocycles. The summed E-state index contributed by atoms with van der Waals surface area (Å²) in [6.07, 6.45) is 0. The molecule has 0 heterocycles. The number of nitriles is 1. The van der Waals surface area contributed by atoms with Gasteiger partial charge in [0.05, 0.1) is 4.92 Å². The Bertz CT molecular complexity index is 1030. The maximum absolute atomic E-state index is 13.1. The number of hydrogen-bond donors (Lipinski definition) is 0. The van der Waals surface area contributed by atoms with Crippen molar-refractivity contribution in [1.82, 2.24) is 0 Å². The molecule has 0 amide bonds. The van der Waals surface area contributed by atoms with E-state index in [2.05, 4.69) is 0 Å². The minimum Gasteiger partial charge on any atom is -0.456 e. The van der Waals surface area contributed by atoms with Gasteiger partial charge >= 0.3 is 5.69 Å². The van der Waals surface area contributed by atoms with E-state index in [1.165, 1.54) is 42.5 Å². The molecule has 0 aliphatic rings. The van der Waals surface area contributed by atoms with Gasteiger partial charge in [-0.1, -0.05) is 0 Å². The summed E-state index contributed by atoms with van der Waals surface area (Å²) < 4.78 is 37.1. The van der Waals surface area contributed by atoms with Gasteiger partial charge in [0, 0.05) is 6.07 Å². The standard InChI is InChI=1S/C19H10F2N2O4/c20-12-1-5-14(6-2-12)26-18-10-9-17(23(24)25)19(16(18)11-22)27-15-7-3-13(21)4-8-15/h1-10H. The van der Waals surface area contributed by atoms with Crippen LogP contribution in [0.5, 0.6) is 23.0 Å². The van der Waals surface area contributed by atoms with E-state index in [1.807, 2.05) is 6.07 Å². The molecule has 0 aliphatic heterocycles.